The number of β-amino-alcohol motifs (C(OH)–C–C–N with tert-alkyl or cyclic N) is 1. The monoisotopic (exact) mass is 232 g/mol. The molecule has 0 saturated heterocycles. The summed E-state index contributed by atoms with van der Waals surface area (Å²) >= 11 is 0. The topological polar surface area (TPSA) is 67.5 Å². The minimum atomic E-state index is -0.451. The summed E-state index contributed by atoms with van der Waals surface area (Å²) in [6, 6.07) is 0. The summed E-state index contributed by atoms with van der Waals surface area (Å²) in [5.41, 5.74) is 5.45. The molecule has 0 amide bonds. The lowest BCUT2D eigenvalue weighted by Gasteiger charge is -2.25. The molecule has 0 saturated carbocycles. The number of hydrogen-bond acceptors (Lipinski definition) is 4. The molecule has 0 aliphatic rings. The highest BCUT2D eigenvalue weighted by Crippen LogP contribution is 1.99. The van der Waals surface area contributed by atoms with Crippen LogP contribution in [0.25, 0.3) is 0 Å². The van der Waals surface area contributed by atoms with E-state index in [4.69, 9.17) is 10.5 Å². The van der Waals surface area contributed by atoms with E-state index in [1.54, 1.807) is 0 Å². The first kappa shape index (κ1) is 15.8. The number of unbranched alkanes of at least 4 members (excludes halogenated alkanes) is 2. The summed E-state index contributed by atoms with van der Waals surface area (Å²) in [6.45, 7) is 8.41. The van der Waals surface area contributed by atoms with Gasteiger partial charge >= 0.3 is 0 Å². The molecule has 0 aliphatic carbocycles. The van der Waals surface area contributed by atoms with Crippen LogP contribution in [-0.4, -0.2) is 43.1 Å². The molecule has 1 unspecified atom stereocenters. The van der Waals surface area contributed by atoms with Gasteiger partial charge in [0.1, 0.15) is 0 Å². The molecular weight excluding hydrogens is 204 g/mol. The van der Waals surface area contributed by atoms with E-state index < -0.39 is 6.10 Å². The molecule has 0 aromatic carbocycles. The lowest BCUT2D eigenvalue weighted by molar-refractivity contribution is 0.0324. The lowest BCUT2D eigenvalue weighted by Crippen LogP contribution is -2.49. The Hall–Kier alpha value is -0.160. The average Bonchev–Trinajstić information content (AvgIpc) is 2.26. The maximum absolute atomic E-state index is 9.64. The van der Waals surface area contributed by atoms with E-state index in [9.17, 15) is 5.11 Å². The third-order valence-electron chi connectivity index (χ3n) is 2.53. The van der Waals surface area contributed by atoms with Crippen LogP contribution < -0.4 is 11.1 Å². The van der Waals surface area contributed by atoms with E-state index in [0.29, 0.717) is 19.7 Å². The van der Waals surface area contributed by atoms with Gasteiger partial charge in [0, 0.05) is 25.2 Å². The average molecular weight is 232 g/mol. The van der Waals surface area contributed by atoms with Crippen LogP contribution in [0.3, 0.4) is 0 Å². The van der Waals surface area contributed by atoms with E-state index >= 15 is 0 Å². The fourth-order valence-electron chi connectivity index (χ4n) is 1.20. The van der Waals surface area contributed by atoms with Crippen molar-refractivity contribution in [2.24, 2.45) is 5.73 Å². The Labute approximate surface area is 99.6 Å². The van der Waals surface area contributed by atoms with Crippen LogP contribution in [0.5, 0.6) is 0 Å². The zero-order valence-electron chi connectivity index (χ0n) is 11.0. The SMILES string of the molecule is CCCCCOCC(O)CNC(C)(C)CN. The molecule has 1 atom stereocenters. The summed E-state index contributed by atoms with van der Waals surface area (Å²) in [4.78, 5) is 0. The number of rotatable bonds is 10. The van der Waals surface area contributed by atoms with Crippen LogP contribution >= 0.6 is 0 Å². The molecule has 0 rings (SSSR count). The van der Waals surface area contributed by atoms with Crippen molar-refractivity contribution in [1.82, 2.24) is 5.32 Å². The Balaban J connectivity index is 3.41. The van der Waals surface area contributed by atoms with Crippen LogP contribution in [0.15, 0.2) is 0 Å². The van der Waals surface area contributed by atoms with Gasteiger partial charge in [0.25, 0.3) is 0 Å². The number of aliphatic hydroxyl groups excluding tert-OH is 1. The molecule has 4 heteroatoms. The van der Waals surface area contributed by atoms with E-state index in [-0.39, 0.29) is 5.54 Å². The van der Waals surface area contributed by atoms with Crippen molar-refractivity contribution < 1.29 is 9.84 Å². The first-order valence-corrected chi connectivity index (χ1v) is 6.22. The maximum atomic E-state index is 9.64. The van der Waals surface area contributed by atoms with Crippen molar-refractivity contribution in [3.63, 3.8) is 0 Å². The molecule has 0 aromatic heterocycles. The predicted octanol–water partition coefficient (Wildman–Crippen LogP) is 0.881. The number of aliphatic hydroxyl groups is 1. The van der Waals surface area contributed by atoms with E-state index in [0.717, 1.165) is 13.0 Å². The van der Waals surface area contributed by atoms with Crippen molar-refractivity contribution in [3.8, 4) is 0 Å². The van der Waals surface area contributed by atoms with Crippen LogP contribution in [0.4, 0.5) is 0 Å². The van der Waals surface area contributed by atoms with Gasteiger partial charge in [-0.1, -0.05) is 19.8 Å². The van der Waals surface area contributed by atoms with Crippen LogP contribution in [-0.2, 0) is 4.74 Å². The Bertz CT molecular complexity index is 163. The molecule has 0 fully saturated rings. The molecule has 4 nitrogen and oxygen atoms in total. The van der Waals surface area contributed by atoms with Gasteiger partial charge in [-0.25, -0.2) is 0 Å². The van der Waals surface area contributed by atoms with Gasteiger partial charge in [0.15, 0.2) is 0 Å². The minimum absolute atomic E-state index is 0.122. The second-order valence-corrected chi connectivity index (χ2v) is 4.90. The largest absolute Gasteiger partial charge is 0.389 e. The summed E-state index contributed by atoms with van der Waals surface area (Å²) in [7, 11) is 0. The molecule has 4 N–H and O–H groups in total. The molecule has 0 heterocycles. The number of hydrogen-bond donors (Lipinski definition) is 3. The first-order valence-electron chi connectivity index (χ1n) is 6.22. The third kappa shape index (κ3) is 9.09. The smallest absolute Gasteiger partial charge is 0.0897 e. The summed E-state index contributed by atoms with van der Waals surface area (Å²) in [6.07, 6.45) is 3.00. The van der Waals surface area contributed by atoms with Gasteiger partial charge in [0.2, 0.25) is 0 Å². The Kier molecular flexibility index (Phi) is 8.84. The van der Waals surface area contributed by atoms with Gasteiger partial charge in [-0.15, -0.1) is 0 Å². The molecule has 16 heavy (non-hydrogen) atoms. The quantitative estimate of drug-likeness (QED) is 0.489. The highest BCUT2D eigenvalue weighted by Gasteiger charge is 2.16. The third-order valence-corrected chi connectivity index (χ3v) is 2.53. The normalized spacial score (nSPS) is 14.1. The van der Waals surface area contributed by atoms with Gasteiger partial charge in [0.05, 0.1) is 12.7 Å². The van der Waals surface area contributed by atoms with Crippen LogP contribution in [0, 0.1) is 0 Å². The van der Waals surface area contributed by atoms with Gasteiger partial charge in [-0.05, 0) is 20.3 Å². The molecule has 0 aromatic rings. The van der Waals surface area contributed by atoms with Crippen molar-refractivity contribution in [1.29, 1.82) is 0 Å². The molecule has 0 aliphatic heterocycles. The van der Waals surface area contributed by atoms with Gasteiger partial charge < -0.3 is 20.9 Å². The number of nitrogens with two attached hydrogens (primary N) is 1. The Morgan fingerprint density at radius 2 is 2.06 bits per heavy atom. The molecular formula is C12H28N2O2. The second-order valence-electron chi connectivity index (χ2n) is 4.90. The van der Waals surface area contributed by atoms with E-state index in [1.807, 2.05) is 13.8 Å². The van der Waals surface area contributed by atoms with Crippen LogP contribution in [0.2, 0.25) is 0 Å². The fourth-order valence-corrected chi connectivity index (χ4v) is 1.20. The first-order chi connectivity index (χ1) is 7.52. The summed E-state index contributed by atoms with van der Waals surface area (Å²) < 4.78 is 5.38. The fraction of sp³-hybridized carbons (Fsp3) is 1.00. The highest BCUT2D eigenvalue weighted by atomic mass is 16.5. The minimum Gasteiger partial charge on any atom is -0.389 e. The standard InChI is InChI=1S/C12H28N2O2/c1-4-5-6-7-16-9-11(15)8-14-12(2,3)10-13/h11,14-15H,4-10,13H2,1-3H3. The van der Waals surface area contributed by atoms with Crippen molar-refractivity contribution in [3.05, 3.63) is 0 Å². The highest BCUT2D eigenvalue weighted by molar-refractivity contribution is 4.79. The molecule has 98 valence electrons. The lowest BCUT2D eigenvalue weighted by atomic mass is 10.1. The molecule has 0 bridgehead atoms. The molecule has 0 spiro atoms. The van der Waals surface area contributed by atoms with Gasteiger partial charge in [-0.3, -0.25) is 0 Å². The van der Waals surface area contributed by atoms with Crippen molar-refractivity contribution in [2.75, 3.05) is 26.3 Å². The zero-order valence-corrected chi connectivity index (χ0v) is 11.0. The van der Waals surface area contributed by atoms with E-state index in [2.05, 4.69) is 12.2 Å². The Morgan fingerprint density at radius 1 is 1.38 bits per heavy atom. The Morgan fingerprint density at radius 3 is 2.62 bits per heavy atom. The predicted molar refractivity (Wildman–Crippen MR) is 67.5 cm³/mol. The number of ether oxygens (including phenoxy) is 1. The maximum Gasteiger partial charge on any atom is 0.0897 e. The van der Waals surface area contributed by atoms with E-state index in [1.165, 1.54) is 12.8 Å². The second kappa shape index (κ2) is 8.93. The molecule has 0 radical (unpaired) electrons. The summed E-state index contributed by atoms with van der Waals surface area (Å²) in [5, 5.41) is 12.8. The zero-order chi connectivity index (χ0) is 12.4. The van der Waals surface area contributed by atoms with Crippen LogP contribution in [0.1, 0.15) is 40.0 Å². The van der Waals surface area contributed by atoms with Crippen molar-refractivity contribution >= 4 is 0 Å². The van der Waals surface area contributed by atoms with Crippen molar-refractivity contribution in [2.45, 2.75) is 51.7 Å². The summed E-state index contributed by atoms with van der Waals surface area (Å²) in [5.74, 6) is 0. The number of nitrogens with one attached hydrogen (secondary N) is 1. The van der Waals surface area contributed by atoms with Gasteiger partial charge in [-0.2, -0.15) is 0 Å².